The number of aryl methyl sites for hydroxylation is 2. The number of primary amides is 2. The van der Waals surface area contributed by atoms with Crippen molar-refractivity contribution < 1.29 is 14.4 Å². The fourth-order valence-electron chi connectivity index (χ4n) is 5.81. The second-order valence-corrected chi connectivity index (χ2v) is 13.9. The van der Waals surface area contributed by atoms with Crippen LogP contribution >= 0.6 is 0 Å². The lowest BCUT2D eigenvalue weighted by atomic mass is 9.81. The number of nitrogens with two attached hydrogens (primary N) is 2. The van der Waals surface area contributed by atoms with Gasteiger partial charge in [-0.25, -0.2) is 0 Å². The van der Waals surface area contributed by atoms with Crippen LogP contribution < -0.4 is 16.8 Å². The molecule has 5 rings (SSSR count). The molecule has 6 nitrogen and oxygen atoms in total. The first-order chi connectivity index (χ1) is 23.4. The monoisotopic (exact) mass is 672 g/mol. The van der Waals surface area contributed by atoms with Crippen molar-refractivity contribution in [2.45, 2.75) is 126 Å². The molecule has 49 heavy (non-hydrogen) atoms. The summed E-state index contributed by atoms with van der Waals surface area (Å²) in [5, 5.41) is 3.45. The number of para-hydroxylation sites is 1. The SMILES string of the molecule is CC.CC(=O)CCCc1ccccc1C.CC(C)C.NC(=O)CC1(C(N)=O)CCCC1.c1ccc(Nc2cccc(CC3CCC3)c2)cc1. The van der Waals surface area contributed by atoms with Crippen molar-refractivity contribution >= 4 is 29.0 Å². The van der Waals surface area contributed by atoms with Crippen LogP contribution in [-0.4, -0.2) is 17.6 Å². The molecule has 2 aliphatic rings. The van der Waals surface area contributed by atoms with Crippen molar-refractivity contribution in [1.82, 2.24) is 0 Å². The van der Waals surface area contributed by atoms with Gasteiger partial charge in [0, 0.05) is 24.2 Å². The Bertz CT molecular complexity index is 1360. The highest BCUT2D eigenvalue weighted by Crippen LogP contribution is 2.40. The van der Waals surface area contributed by atoms with Crippen LogP contribution in [0.5, 0.6) is 0 Å². The Labute approximate surface area is 297 Å². The summed E-state index contributed by atoms with van der Waals surface area (Å²) < 4.78 is 0. The predicted octanol–water partition coefficient (Wildman–Crippen LogP) is 10.3. The van der Waals surface area contributed by atoms with Gasteiger partial charge in [-0.1, -0.05) is 121 Å². The predicted molar refractivity (Wildman–Crippen MR) is 208 cm³/mol. The Morgan fingerprint density at radius 1 is 0.816 bits per heavy atom. The molecule has 0 unspecified atom stereocenters. The number of rotatable bonds is 11. The first-order valence-corrected chi connectivity index (χ1v) is 18.4. The minimum Gasteiger partial charge on any atom is -0.370 e. The van der Waals surface area contributed by atoms with Crippen molar-refractivity contribution in [3.63, 3.8) is 0 Å². The molecule has 0 heterocycles. The largest absolute Gasteiger partial charge is 0.370 e. The average molecular weight is 672 g/mol. The number of Topliss-reactive ketones (excluding diaryl/α,β-unsaturated/α-hetero) is 1. The maximum atomic E-state index is 11.1. The minimum atomic E-state index is -0.619. The van der Waals surface area contributed by atoms with Gasteiger partial charge in [0.15, 0.2) is 0 Å². The highest BCUT2D eigenvalue weighted by Gasteiger charge is 2.40. The molecule has 270 valence electrons. The topological polar surface area (TPSA) is 115 Å². The second-order valence-electron chi connectivity index (χ2n) is 13.9. The molecule has 5 N–H and O–H groups in total. The van der Waals surface area contributed by atoms with Gasteiger partial charge in [0.25, 0.3) is 0 Å². The maximum absolute atomic E-state index is 11.1. The van der Waals surface area contributed by atoms with Crippen LogP contribution in [0.3, 0.4) is 0 Å². The Hall–Kier alpha value is -3.93. The van der Waals surface area contributed by atoms with E-state index >= 15 is 0 Å². The number of amides is 2. The Morgan fingerprint density at radius 2 is 1.39 bits per heavy atom. The number of anilines is 2. The van der Waals surface area contributed by atoms with E-state index in [9.17, 15) is 14.4 Å². The summed E-state index contributed by atoms with van der Waals surface area (Å²) in [6, 6.07) is 27.5. The highest BCUT2D eigenvalue weighted by molar-refractivity contribution is 5.87. The smallest absolute Gasteiger partial charge is 0.224 e. The van der Waals surface area contributed by atoms with E-state index in [0.29, 0.717) is 19.3 Å². The molecule has 6 heteroatoms. The number of ketones is 1. The van der Waals surface area contributed by atoms with Crippen molar-refractivity contribution in [2.24, 2.45) is 28.7 Å². The fourth-order valence-corrected chi connectivity index (χ4v) is 5.81. The number of carbonyl (C=O) groups is 3. The molecule has 3 aromatic rings. The summed E-state index contributed by atoms with van der Waals surface area (Å²) in [4.78, 5) is 32.5. The van der Waals surface area contributed by atoms with Crippen LogP contribution in [0, 0.1) is 24.2 Å². The molecule has 0 saturated heterocycles. The third-order valence-electron chi connectivity index (χ3n) is 8.57. The minimum absolute atomic E-state index is 0.113. The molecule has 0 aliphatic heterocycles. The lowest BCUT2D eigenvalue weighted by Crippen LogP contribution is -2.38. The van der Waals surface area contributed by atoms with Crippen molar-refractivity contribution in [1.29, 1.82) is 0 Å². The molecule has 2 amide bonds. The van der Waals surface area contributed by atoms with Gasteiger partial charge >= 0.3 is 0 Å². The number of hydrogen-bond donors (Lipinski definition) is 3. The second kappa shape index (κ2) is 24.2. The van der Waals surface area contributed by atoms with Crippen LogP contribution in [0.4, 0.5) is 11.4 Å². The lowest BCUT2D eigenvalue weighted by Gasteiger charge is -2.25. The van der Waals surface area contributed by atoms with E-state index in [4.69, 9.17) is 11.5 Å². The Morgan fingerprint density at radius 3 is 1.90 bits per heavy atom. The molecule has 2 fully saturated rings. The van der Waals surface area contributed by atoms with E-state index < -0.39 is 11.3 Å². The van der Waals surface area contributed by atoms with Crippen molar-refractivity contribution in [2.75, 3.05) is 5.32 Å². The molecule has 2 saturated carbocycles. The first-order valence-electron chi connectivity index (χ1n) is 18.4. The summed E-state index contributed by atoms with van der Waals surface area (Å²) in [7, 11) is 0. The van der Waals surface area contributed by atoms with Crippen LogP contribution in [-0.2, 0) is 27.2 Å². The third kappa shape index (κ3) is 18.4. The van der Waals surface area contributed by atoms with Crippen LogP contribution in [0.1, 0.15) is 122 Å². The normalized spacial score (nSPS) is 14.1. The molecule has 0 spiro atoms. The van der Waals surface area contributed by atoms with Gasteiger partial charge in [-0.2, -0.15) is 0 Å². The van der Waals surface area contributed by atoms with Gasteiger partial charge in [-0.15, -0.1) is 0 Å². The third-order valence-corrected chi connectivity index (χ3v) is 8.57. The highest BCUT2D eigenvalue weighted by atomic mass is 16.2. The molecular weight excluding hydrogens is 606 g/mol. The van der Waals surface area contributed by atoms with E-state index in [-0.39, 0.29) is 18.1 Å². The molecule has 2 aliphatic carbocycles. The molecule has 3 aromatic carbocycles. The van der Waals surface area contributed by atoms with Gasteiger partial charge < -0.3 is 21.6 Å². The number of carbonyl (C=O) groups excluding carboxylic acids is 3. The number of benzene rings is 3. The summed E-state index contributed by atoms with van der Waals surface area (Å²) in [5.41, 5.74) is 16.2. The van der Waals surface area contributed by atoms with Crippen molar-refractivity contribution in [3.05, 3.63) is 95.6 Å². The average Bonchev–Trinajstić information content (AvgIpc) is 3.51. The number of hydrogen-bond acceptors (Lipinski definition) is 4. The summed E-state index contributed by atoms with van der Waals surface area (Å²) in [6.07, 6.45) is 11.7. The van der Waals surface area contributed by atoms with E-state index in [2.05, 4.69) is 99.7 Å². The van der Waals surface area contributed by atoms with Gasteiger partial charge in [0.1, 0.15) is 5.78 Å². The van der Waals surface area contributed by atoms with Gasteiger partial charge in [0.2, 0.25) is 11.8 Å². The summed E-state index contributed by atoms with van der Waals surface area (Å²) in [5.74, 6) is 1.24. The number of nitrogens with one attached hydrogen (secondary N) is 1. The molecule has 0 atom stereocenters. The fraction of sp³-hybridized carbons (Fsp3) is 0.512. The van der Waals surface area contributed by atoms with E-state index in [1.807, 2.05) is 26.0 Å². The molecule has 0 bridgehead atoms. The zero-order chi connectivity index (χ0) is 36.7. The summed E-state index contributed by atoms with van der Waals surface area (Å²) in [6.45, 7) is 14.3. The molecular formula is C43H65N3O3. The van der Waals surface area contributed by atoms with E-state index in [0.717, 1.165) is 43.2 Å². The van der Waals surface area contributed by atoms with Gasteiger partial charge in [-0.05, 0) is 98.7 Å². The zero-order valence-electron chi connectivity index (χ0n) is 31.5. The van der Waals surface area contributed by atoms with Gasteiger partial charge in [-0.3, -0.25) is 9.59 Å². The maximum Gasteiger partial charge on any atom is 0.224 e. The van der Waals surface area contributed by atoms with Crippen molar-refractivity contribution in [3.8, 4) is 0 Å². The van der Waals surface area contributed by atoms with Gasteiger partial charge in [0.05, 0.1) is 5.41 Å². The first kappa shape index (κ1) is 43.1. The standard InChI is InChI=1S/C17H19N.C12H16O.C8H14N2O2.C4H10.C2H6/c1-2-9-16(10-3-1)18-17-11-5-8-15(13-17)12-14-6-4-7-14;1-10-6-3-4-8-12(10)9-5-7-11(2)13;9-6(11)5-8(7(10)12)3-1-2-4-8;1-4(2)3;1-2/h1-3,5,8-11,13-14,18H,4,6-7,12H2;3-4,6,8H,5,7,9H2,1-2H3;1-5H2,(H2,9,11)(H2,10,12);4H,1-3H3;1-2H3. The van der Waals surface area contributed by atoms with E-state index in [1.165, 1.54) is 48.1 Å². The molecule has 0 aromatic heterocycles. The zero-order valence-corrected chi connectivity index (χ0v) is 31.5. The quantitative estimate of drug-likeness (QED) is 0.188. The Balaban J connectivity index is 0.000000348. The van der Waals surface area contributed by atoms with Crippen LogP contribution in [0.25, 0.3) is 0 Å². The Kier molecular flexibility index (Phi) is 21.3. The van der Waals surface area contributed by atoms with E-state index in [1.54, 1.807) is 6.92 Å². The molecule has 0 radical (unpaired) electrons. The lowest BCUT2D eigenvalue weighted by molar-refractivity contribution is -0.132. The van der Waals surface area contributed by atoms with Crippen LogP contribution in [0.15, 0.2) is 78.9 Å². The van der Waals surface area contributed by atoms with Crippen LogP contribution in [0.2, 0.25) is 0 Å². The summed E-state index contributed by atoms with van der Waals surface area (Å²) >= 11 is 0.